The van der Waals surface area contributed by atoms with Crippen LogP contribution in [0, 0.1) is 0 Å². The number of allylic oxidation sites excluding steroid dienone is 2. The third kappa shape index (κ3) is 2.97. The molecule has 0 radical (unpaired) electrons. The van der Waals surface area contributed by atoms with Gasteiger partial charge in [-0.15, -0.1) is 0 Å². The van der Waals surface area contributed by atoms with Crippen LogP contribution in [0.4, 0.5) is 5.69 Å². The van der Waals surface area contributed by atoms with Crippen molar-refractivity contribution in [2.75, 3.05) is 5.32 Å². The molecule has 2 aromatic rings. The van der Waals surface area contributed by atoms with Crippen molar-refractivity contribution in [3.8, 4) is 11.1 Å². The van der Waals surface area contributed by atoms with Crippen LogP contribution in [0.1, 0.15) is 13.8 Å². The molecule has 17 heavy (non-hydrogen) atoms. The second kappa shape index (κ2) is 5.35. The van der Waals surface area contributed by atoms with E-state index in [1.807, 2.05) is 13.0 Å². The highest BCUT2D eigenvalue weighted by molar-refractivity contribution is 5.66. The van der Waals surface area contributed by atoms with Gasteiger partial charge in [-0.3, -0.25) is 0 Å². The van der Waals surface area contributed by atoms with Gasteiger partial charge in [-0.25, -0.2) is 0 Å². The largest absolute Gasteiger partial charge is 0.359 e. The highest BCUT2D eigenvalue weighted by Crippen LogP contribution is 2.21. The van der Waals surface area contributed by atoms with E-state index in [2.05, 4.69) is 66.8 Å². The Bertz CT molecular complexity index is 495. The number of benzene rings is 2. The first kappa shape index (κ1) is 11.5. The van der Waals surface area contributed by atoms with Gasteiger partial charge in [0.25, 0.3) is 0 Å². The average Bonchev–Trinajstić information content (AvgIpc) is 2.40. The molecule has 86 valence electrons. The van der Waals surface area contributed by atoms with Gasteiger partial charge in [-0.2, -0.15) is 0 Å². The molecule has 1 nitrogen and oxygen atoms in total. The fourth-order valence-electron chi connectivity index (χ4n) is 1.68. The Balaban J connectivity index is 2.19. The molecule has 0 saturated heterocycles. The summed E-state index contributed by atoms with van der Waals surface area (Å²) in [7, 11) is 0. The molecule has 0 bridgehead atoms. The summed E-state index contributed by atoms with van der Waals surface area (Å²) in [6.45, 7) is 4.09. The molecule has 0 unspecified atom stereocenters. The number of nitrogens with one attached hydrogen (secondary N) is 1. The van der Waals surface area contributed by atoms with Gasteiger partial charge in [0.05, 0.1) is 0 Å². The van der Waals surface area contributed by atoms with Gasteiger partial charge >= 0.3 is 0 Å². The van der Waals surface area contributed by atoms with Crippen molar-refractivity contribution in [2.45, 2.75) is 13.8 Å². The molecule has 0 aliphatic rings. The van der Waals surface area contributed by atoms with Crippen molar-refractivity contribution < 1.29 is 0 Å². The fraction of sp³-hybridized carbons (Fsp3) is 0.125. The second-order valence-electron chi connectivity index (χ2n) is 4.04. The summed E-state index contributed by atoms with van der Waals surface area (Å²) < 4.78 is 0. The van der Waals surface area contributed by atoms with E-state index >= 15 is 0 Å². The molecular weight excluding hydrogens is 206 g/mol. The molecule has 0 aliphatic heterocycles. The highest BCUT2D eigenvalue weighted by Gasteiger charge is 1.97. The summed E-state index contributed by atoms with van der Waals surface area (Å²) in [5.74, 6) is 0. The summed E-state index contributed by atoms with van der Waals surface area (Å²) >= 11 is 0. The van der Waals surface area contributed by atoms with Crippen LogP contribution in [0.15, 0.2) is 66.4 Å². The van der Waals surface area contributed by atoms with Crippen LogP contribution in [0.2, 0.25) is 0 Å². The van der Waals surface area contributed by atoms with Gasteiger partial charge in [0.15, 0.2) is 0 Å². The van der Waals surface area contributed by atoms with Crippen molar-refractivity contribution in [3.05, 3.63) is 66.4 Å². The first-order chi connectivity index (χ1) is 8.29. The second-order valence-corrected chi connectivity index (χ2v) is 4.04. The van der Waals surface area contributed by atoms with E-state index in [0.717, 1.165) is 11.4 Å². The molecule has 0 fully saturated rings. The first-order valence-corrected chi connectivity index (χ1v) is 5.85. The maximum absolute atomic E-state index is 3.33. The predicted octanol–water partition coefficient (Wildman–Crippen LogP) is 4.69. The van der Waals surface area contributed by atoms with E-state index in [1.54, 1.807) is 0 Å². The lowest BCUT2D eigenvalue weighted by Gasteiger charge is -2.07. The van der Waals surface area contributed by atoms with E-state index < -0.39 is 0 Å². The van der Waals surface area contributed by atoms with Crippen molar-refractivity contribution in [1.82, 2.24) is 0 Å². The highest BCUT2D eigenvalue weighted by atomic mass is 14.9. The van der Waals surface area contributed by atoms with E-state index in [-0.39, 0.29) is 0 Å². The maximum Gasteiger partial charge on any atom is 0.0382 e. The lowest BCUT2D eigenvalue weighted by atomic mass is 10.1. The molecular formula is C16H17N. The molecule has 2 rings (SSSR count). The normalized spacial score (nSPS) is 11.3. The van der Waals surface area contributed by atoms with Crippen LogP contribution in [-0.4, -0.2) is 0 Å². The van der Waals surface area contributed by atoms with Crippen LogP contribution >= 0.6 is 0 Å². The molecule has 1 heteroatoms. The van der Waals surface area contributed by atoms with Crippen molar-refractivity contribution in [2.24, 2.45) is 0 Å². The minimum atomic E-state index is 1.13. The van der Waals surface area contributed by atoms with Gasteiger partial charge in [-0.1, -0.05) is 48.5 Å². The lowest BCUT2D eigenvalue weighted by Crippen LogP contribution is -1.94. The number of hydrogen-bond acceptors (Lipinski definition) is 1. The van der Waals surface area contributed by atoms with Crippen LogP contribution in [-0.2, 0) is 0 Å². The van der Waals surface area contributed by atoms with Gasteiger partial charge < -0.3 is 5.32 Å². The van der Waals surface area contributed by atoms with Crippen molar-refractivity contribution >= 4 is 5.69 Å². The SMILES string of the molecule is C/C=C(\C)Nc1ccc(-c2ccccc2)cc1. The van der Waals surface area contributed by atoms with Crippen LogP contribution < -0.4 is 5.32 Å². The summed E-state index contributed by atoms with van der Waals surface area (Å²) in [5.41, 5.74) is 4.79. The molecule has 0 amide bonds. The van der Waals surface area contributed by atoms with Gasteiger partial charge in [0, 0.05) is 11.4 Å². The Morgan fingerprint density at radius 3 is 2.06 bits per heavy atom. The quantitative estimate of drug-likeness (QED) is 0.796. The number of rotatable bonds is 3. The fourth-order valence-corrected chi connectivity index (χ4v) is 1.68. The minimum Gasteiger partial charge on any atom is -0.359 e. The summed E-state index contributed by atoms with van der Waals surface area (Å²) in [4.78, 5) is 0. The molecule has 0 saturated carbocycles. The van der Waals surface area contributed by atoms with Crippen molar-refractivity contribution in [1.29, 1.82) is 0 Å². The lowest BCUT2D eigenvalue weighted by molar-refractivity contribution is 1.35. The minimum absolute atomic E-state index is 1.13. The number of hydrogen-bond donors (Lipinski definition) is 1. The Kier molecular flexibility index (Phi) is 3.61. The average molecular weight is 223 g/mol. The van der Waals surface area contributed by atoms with E-state index in [9.17, 15) is 0 Å². The molecule has 0 heterocycles. The van der Waals surface area contributed by atoms with Crippen molar-refractivity contribution in [3.63, 3.8) is 0 Å². The molecule has 0 aliphatic carbocycles. The molecule has 0 aromatic heterocycles. The zero-order valence-corrected chi connectivity index (χ0v) is 10.3. The molecule has 0 atom stereocenters. The number of anilines is 1. The van der Waals surface area contributed by atoms with E-state index in [4.69, 9.17) is 0 Å². The Morgan fingerprint density at radius 2 is 1.47 bits per heavy atom. The van der Waals surface area contributed by atoms with Gasteiger partial charge in [-0.05, 0) is 37.1 Å². The summed E-state index contributed by atoms with van der Waals surface area (Å²) in [5, 5.41) is 3.33. The Morgan fingerprint density at radius 1 is 0.882 bits per heavy atom. The molecule has 0 spiro atoms. The Labute approximate surface area is 103 Å². The molecule has 1 N–H and O–H groups in total. The standard InChI is InChI=1S/C16H17N/c1-3-13(2)17-16-11-9-15(10-12-16)14-7-5-4-6-8-14/h3-12,17H,1-2H3/b13-3+. The summed E-state index contributed by atoms with van der Waals surface area (Å²) in [6, 6.07) is 18.9. The zero-order chi connectivity index (χ0) is 12.1. The third-order valence-electron chi connectivity index (χ3n) is 2.77. The third-order valence-corrected chi connectivity index (χ3v) is 2.77. The first-order valence-electron chi connectivity index (χ1n) is 5.85. The topological polar surface area (TPSA) is 12.0 Å². The summed E-state index contributed by atoms with van der Waals surface area (Å²) in [6.07, 6.45) is 2.06. The van der Waals surface area contributed by atoms with Crippen LogP contribution in [0.3, 0.4) is 0 Å². The Hall–Kier alpha value is -2.02. The van der Waals surface area contributed by atoms with Crippen LogP contribution in [0.25, 0.3) is 11.1 Å². The predicted molar refractivity (Wildman–Crippen MR) is 74.9 cm³/mol. The van der Waals surface area contributed by atoms with E-state index in [1.165, 1.54) is 11.1 Å². The zero-order valence-electron chi connectivity index (χ0n) is 10.3. The molecule has 2 aromatic carbocycles. The monoisotopic (exact) mass is 223 g/mol. The van der Waals surface area contributed by atoms with Gasteiger partial charge in [0.1, 0.15) is 0 Å². The van der Waals surface area contributed by atoms with E-state index in [0.29, 0.717) is 0 Å². The van der Waals surface area contributed by atoms with Crippen LogP contribution in [0.5, 0.6) is 0 Å². The maximum atomic E-state index is 3.33. The van der Waals surface area contributed by atoms with Gasteiger partial charge in [0.2, 0.25) is 0 Å². The smallest absolute Gasteiger partial charge is 0.0382 e.